The Morgan fingerprint density at radius 1 is 0.974 bits per heavy atom. The van der Waals surface area contributed by atoms with Crippen LogP contribution in [0, 0.1) is 6.92 Å². The van der Waals surface area contributed by atoms with Gasteiger partial charge in [-0.3, -0.25) is 4.79 Å². The first-order valence-corrected chi connectivity index (χ1v) is 13.8. The Morgan fingerprint density at radius 3 is 2.51 bits per heavy atom. The predicted octanol–water partition coefficient (Wildman–Crippen LogP) is 3.70. The van der Waals surface area contributed by atoms with Crippen LogP contribution in [0.4, 0.5) is 17.3 Å². The number of pyridine rings is 1. The molecule has 0 bridgehead atoms. The topological polar surface area (TPSA) is 98.0 Å². The SMILES string of the molecule is Cc1ccc(C2(O)CCN(c3cccn4nc(Nc5ccc(C(=O)N6CCCNCC6)cc5)nc34)CC2)cc1. The molecule has 0 radical (unpaired) electrons. The highest BCUT2D eigenvalue weighted by atomic mass is 16.3. The highest BCUT2D eigenvalue weighted by Gasteiger charge is 2.34. The lowest BCUT2D eigenvalue weighted by atomic mass is 9.84. The number of piperidine rings is 1. The fourth-order valence-electron chi connectivity index (χ4n) is 5.52. The molecule has 39 heavy (non-hydrogen) atoms. The van der Waals surface area contributed by atoms with Gasteiger partial charge in [0.25, 0.3) is 5.91 Å². The Hall–Kier alpha value is -3.95. The van der Waals surface area contributed by atoms with Gasteiger partial charge in [0.1, 0.15) is 0 Å². The number of aliphatic hydroxyl groups is 1. The Bertz CT molecular complexity index is 1430. The minimum Gasteiger partial charge on any atom is -0.385 e. The average molecular weight is 526 g/mol. The number of amides is 1. The molecule has 2 saturated heterocycles. The summed E-state index contributed by atoms with van der Waals surface area (Å²) in [5, 5.41) is 22.6. The molecule has 2 fully saturated rings. The molecule has 2 aromatic carbocycles. The van der Waals surface area contributed by atoms with Gasteiger partial charge in [-0.15, -0.1) is 5.10 Å². The number of hydrogen-bond acceptors (Lipinski definition) is 7. The summed E-state index contributed by atoms with van der Waals surface area (Å²) in [6.07, 6.45) is 4.16. The third kappa shape index (κ3) is 5.32. The number of rotatable bonds is 5. The van der Waals surface area contributed by atoms with Crippen LogP contribution in [0.5, 0.6) is 0 Å². The number of nitrogens with zero attached hydrogens (tertiary/aromatic N) is 5. The molecule has 0 aliphatic carbocycles. The van der Waals surface area contributed by atoms with Crippen molar-refractivity contribution in [3.05, 3.63) is 83.6 Å². The lowest BCUT2D eigenvalue weighted by Gasteiger charge is -2.39. The summed E-state index contributed by atoms with van der Waals surface area (Å²) in [5.41, 5.74) is 4.63. The van der Waals surface area contributed by atoms with Crippen molar-refractivity contribution in [3.63, 3.8) is 0 Å². The van der Waals surface area contributed by atoms with E-state index in [1.54, 1.807) is 4.52 Å². The first-order valence-electron chi connectivity index (χ1n) is 13.8. The molecule has 9 nitrogen and oxygen atoms in total. The van der Waals surface area contributed by atoms with Crippen molar-refractivity contribution in [1.29, 1.82) is 0 Å². The third-order valence-corrected chi connectivity index (χ3v) is 7.88. The van der Waals surface area contributed by atoms with Crippen molar-refractivity contribution in [3.8, 4) is 0 Å². The van der Waals surface area contributed by atoms with E-state index < -0.39 is 5.60 Å². The Labute approximate surface area is 228 Å². The van der Waals surface area contributed by atoms with Gasteiger partial charge in [0, 0.05) is 50.2 Å². The maximum Gasteiger partial charge on any atom is 0.253 e. The van der Waals surface area contributed by atoms with Gasteiger partial charge in [0.2, 0.25) is 5.95 Å². The number of hydrogen-bond donors (Lipinski definition) is 3. The molecule has 3 N–H and O–H groups in total. The van der Waals surface area contributed by atoms with Crippen LogP contribution in [-0.4, -0.2) is 69.8 Å². The maximum atomic E-state index is 12.9. The first kappa shape index (κ1) is 25.3. The van der Waals surface area contributed by atoms with Crippen molar-refractivity contribution in [2.75, 3.05) is 49.5 Å². The number of aryl methyl sites for hydroxylation is 1. The molecule has 0 spiro atoms. The highest BCUT2D eigenvalue weighted by Crippen LogP contribution is 2.35. The van der Waals surface area contributed by atoms with Crippen LogP contribution in [0.3, 0.4) is 0 Å². The fourth-order valence-corrected chi connectivity index (χ4v) is 5.52. The molecule has 0 atom stereocenters. The molecule has 202 valence electrons. The van der Waals surface area contributed by atoms with Gasteiger partial charge < -0.3 is 25.5 Å². The molecule has 2 aliphatic heterocycles. The second kappa shape index (κ2) is 10.7. The minimum atomic E-state index is -0.812. The van der Waals surface area contributed by atoms with Crippen molar-refractivity contribution in [2.24, 2.45) is 0 Å². The largest absolute Gasteiger partial charge is 0.385 e. The molecule has 1 amide bonds. The third-order valence-electron chi connectivity index (χ3n) is 7.88. The van der Waals surface area contributed by atoms with E-state index in [4.69, 9.17) is 4.98 Å². The van der Waals surface area contributed by atoms with Crippen molar-refractivity contribution in [1.82, 2.24) is 24.8 Å². The van der Waals surface area contributed by atoms with Gasteiger partial charge in [0.15, 0.2) is 5.65 Å². The van der Waals surface area contributed by atoms with Crippen LogP contribution in [0.15, 0.2) is 66.9 Å². The van der Waals surface area contributed by atoms with Crippen LogP contribution in [0.25, 0.3) is 5.65 Å². The highest BCUT2D eigenvalue weighted by molar-refractivity contribution is 5.94. The molecule has 2 aromatic heterocycles. The van der Waals surface area contributed by atoms with Gasteiger partial charge in [-0.25, -0.2) is 4.52 Å². The Morgan fingerprint density at radius 2 is 1.74 bits per heavy atom. The van der Waals surface area contributed by atoms with E-state index in [9.17, 15) is 9.90 Å². The van der Waals surface area contributed by atoms with Gasteiger partial charge in [-0.2, -0.15) is 4.98 Å². The monoisotopic (exact) mass is 525 g/mol. The first-order chi connectivity index (χ1) is 19.0. The zero-order valence-electron chi connectivity index (χ0n) is 22.3. The number of fused-ring (bicyclic) bond motifs is 1. The van der Waals surface area contributed by atoms with Crippen LogP contribution in [0.1, 0.15) is 40.7 Å². The number of anilines is 3. The normalized spacial score (nSPS) is 17.7. The molecule has 2 aliphatic rings. The quantitative estimate of drug-likeness (QED) is 0.366. The van der Waals surface area contributed by atoms with Gasteiger partial charge in [-0.05, 0) is 74.7 Å². The van der Waals surface area contributed by atoms with E-state index in [0.29, 0.717) is 24.4 Å². The molecule has 0 unspecified atom stereocenters. The van der Waals surface area contributed by atoms with Crippen molar-refractivity contribution in [2.45, 2.75) is 31.8 Å². The lowest BCUT2D eigenvalue weighted by Crippen LogP contribution is -2.42. The van der Waals surface area contributed by atoms with Crippen LogP contribution in [-0.2, 0) is 5.60 Å². The van der Waals surface area contributed by atoms with Crippen molar-refractivity contribution >= 4 is 28.9 Å². The number of carbonyl (C=O) groups is 1. The Kier molecular flexibility index (Phi) is 6.93. The number of nitrogens with one attached hydrogen (secondary N) is 2. The summed E-state index contributed by atoms with van der Waals surface area (Å²) in [6, 6.07) is 19.7. The standard InChI is InChI=1S/C30H35N7O2/c1-22-5-9-24(10-6-22)30(39)13-19-35(20-14-30)26-4-2-18-37-27(26)33-29(34-37)32-25-11-7-23(8-12-25)28(38)36-17-3-15-31-16-21-36/h2,4-12,18,31,39H,3,13-17,19-21H2,1H3,(H,32,34). The smallest absolute Gasteiger partial charge is 0.253 e. The average Bonchev–Trinajstić information content (AvgIpc) is 3.17. The summed E-state index contributed by atoms with van der Waals surface area (Å²) in [5.74, 6) is 0.560. The predicted molar refractivity (Wildman–Crippen MR) is 153 cm³/mol. The summed E-state index contributed by atoms with van der Waals surface area (Å²) < 4.78 is 1.78. The van der Waals surface area contributed by atoms with Crippen molar-refractivity contribution < 1.29 is 9.90 Å². The number of benzene rings is 2. The van der Waals surface area contributed by atoms with Crippen LogP contribution >= 0.6 is 0 Å². The van der Waals surface area contributed by atoms with E-state index in [-0.39, 0.29) is 5.91 Å². The number of aromatic nitrogens is 3. The molecule has 4 heterocycles. The van der Waals surface area contributed by atoms with E-state index in [1.807, 2.05) is 53.6 Å². The lowest BCUT2D eigenvalue weighted by molar-refractivity contribution is 0.0118. The molecular formula is C30H35N7O2. The molecule has 6 rings (SSSR count). The van der Waals surface area contributed by atoms with Gasteiger partial charge >= 0.3 is 0 Å². The summed E-state index contributed by atoms with van der Waals surface area (Å²) >= 11 is 0. The summed E-state index contributed by atoms with van der Waals surface area (Å²) in [4.78, 5) is 21.9. The zero-order chi connectivity index (χ0) is 26.8. The van der Waals surface area contributed by atoms with Gasteiger partial charge in [-0.1, -0.05) is 29.8 Å². The molecule has 4 aromatic rings. The van der Waals surface area contributed by atoms with E-state index in [0.717, 1.165) is 68.3 Å². The second-order valence-electron chi connectivity index (χ2n) is 10.6. The number of carbonyl (C=O) groups excluding carboxylic acids is 1. The maximum absolute atomic E-state index is 12.9. The van der Waals surface area contributed by atoms with Crippen LogP contribution < -0.4 is 15.5 Å². The second-order valence-corrected chi connectivity index (χ2v) is 10.6. The summed E-state index contributed by atoms with van der Waals surface area (Å²) in [7, 11) is 0. The molecular weight excluding hydrogens is 490 g/mol. The van der Waals surface area contributed by atoms with Crippen LogP contribution in [0.2, 0.25) is 0 Å². The Balaban J connectivity index is 1.14. The molecule has 0 saturated carbocycles. The van der Waals surface area contributed by atoms with E-state index >= 15 is 0 Å². The van der Waals surface area contributed by atoms with E-state index in [2.05, 4.69) is 45.8 Å². The molecule has 9 heteroatoms. The van der Waals surface area contributed by atoms with Gasteiger partial charge in [0.05, 0.1) is 11.3 Å². The minimum absolute atomic E-state index is 0.0663. The van der Waals surface area contributed by atoms with E-state index in [1.165, 1.54) is 5.56 Å². The zero-order valence-corrected chi connectivity index (χ0v) is 22.3. The fraction of sp³-hybridized carbons (Fsp3) is 0.367. The summed E-state index contributed by atoms with van der Waals surface area (Å²) in [6.45, 7) is 6.80.